The summed E-state index contributed by atoms with van der Waals surface area (Å²) in [7, 11) is 0. The number of hydrogen-bond donors (Lipinski definition) is 1. The van der Waals surface area contributed by atoms with Crippen molar-refractivity contribution in [3.05, 3.63) is 29.0 Å². The molecule has 4 nitrogen and oxygen atoms in total. The van der Waals surface area contributed by atoms with Crippen LogP contribution >= 0.6 is 11.6 Å². The van der Waals surface area contributed by atoms with E-state index in [0.29, 0.717) is 10.6 Å². The molecule has 2 heterocycles. The number of piperidine rings is 1. The molecule has 1 aliphatic rings. The van der Waals surface area contributed by atoms with Crippen LogP contribution in [0.1, 0.15) is 36.5 Å². The monoisotopic (exact) mass is 281 g/mol. The van der Waals surface area contributed by atoms with E-state index < -0.39 is 0 Å². The number of rotatable bonds is 4. The minimum atomic E-state index is 0.0166. The molecule has 0 saturated carbocycles. The van der Waals surface area contributed by atoms with E-state index in [0.717, 1.165) is 38.9 Å². The first-order valence-electron chi connectivity index (χ1n) is 6.85. The van der Waals surface area contributed by atoms with Crippen LogP contribution in [0.5, 0.6) is 0 Å². The predicted molar refractivity (Wildman–Crippen MR) is 76.5 cm³/mol. The minimum absolute atomic E-state index is 0.0166. The topological polar surface area (TPSA) is 45.2 Å². The third-order valence-electron chi connectivity index (χ3n) is 3.44. The number of nitrogens with zero attached hydrogens (tertiary/aromatic N) is 2. The molecular weight excluding hydrogens is 262 g/mol. The normalized spacial score (nSPS) is 19.2. The molecule has 0 spiro atoms. The van der Waals surface area contributed by atoms with Gasteiger partial charge in [-0.05, 0) is 31.9 Å². The third-order valence-corrected chi connectivity index (χ3v) is 3.74. The van der Waals surface area contributed by atoms with Crippen LogP contribution in [0.15, 0.2) is 18.5 Å². The summed E-state index contributed by atoms with van der Waals surface area (Å²) in [6.45, 7) is 4.77. The van der Waals surface area contributed by atoms with Gasteiger partial charge in [-0.2, -0.15) is 0 Å². The largest absolute Gasteiger partial charge is 0.334 e. The van der Waals surface area contributed by atoms with Crippen molar-refractivity contribution in [3.63, 3.8) is 0 Å². The first kappa shape index (κ1) is 14.3. The van der Waals surface area contributed by atoms with Gasteiger partial charge in [-0.1, -0.05) is 18.5 Å². The van der Waals surface area contributed by atoms with Gasteiger partial charge in [0.1, 0.15) is 0 Å². The Morgan fingerprint density at radius 3 is 3.11 bits per heavy atom. The lowest BCUT2D eigenvalue weighted by Gasteiger charge is -2.34. The van der Waals surface area contributed by atoms with Crippen LogP contribution in [-0.4, -0.2) is 41.5 Å². The molecule has 1 amide bonds. The van der Waals surface area contributed by atoms with E-state index in [-0.39, 0.29) is 11.9 Å². The highest BCUT2D eigenvalue weighted by atomic mass is 35.5. The Labute approximate surface area is 119 Å². The summed E-state index contributed by atoms with van der Waals surface area (Å²) in [6, 6.07) is 1.97. The third kappa shape index (κ3) is 3.45. The van der Waals surface area contributed by atoms with E-state index in [1.165, 1.54) is 6.20 Å². The Morgan fingerprint density at radius 1 is 1.63 bits per heavy atom. The summed E-state index contributed by atoms with van der Waals surface area (Å²) in [4.78, 5) is 18.5. The molecule has 19 heavy (non-hydrogen) atoms. The first-order chi connectivity index (χ1) is 9.24. The first-order valence-corrected chi connectivity index (χ1v) is 7.23. The number of pyridine rings is 1. The van der Waals surface area contributed by atoms with Crippen molar-refractivity contribution >= 4 is 17.5 Å². The average Bonchev–Trinajstić information content (AvgIpc) is 2.45. The van der Waals surface area contributed by atoms with E-state index in [1.54, 1.807) is 12.3 Å². The van der Waals surface area contributed by atoms with Crippen LogP contribution in [0.25, 0.3) is 0 Å². The molecule has 1 saturated heterocycles. The van der Waals surface area contributed by atoms with Crippen molar-refractivity contribution in [3.8, 4) is 0 Å². The highest BCUT2D eigenvalue weighted by Crippen LogP contribution is 2.19. The lowest BCUT2D eigenvalue weighted by Crippen LogP contribution is -2.49. The van der Waals surface area contributed by atoms with E-state index in [9.17, 15) is 4.79 Å². The fourth-order valence-electron chi connectivity index (χ4n) is 2.49. The maximum atomic E-state index is 12.6. The van der Waals surface area contributed by atoms with Gasteiger partial charge < -0.3 is 10.2 Å². The number of halogens is 1. The average molecular weight is 282 g/mol. The van der Waals surface area contributed by atoms with Crippen molar-refractivity contribution in [1.29, 1.82) is 0 Å². The number of aromatic nitrogens is 1. The maximum Gasteiger partial charge on any atom is 0.255 e. The van der Waals surface area contributed by atoms with Crippen LogP contribution in [0.4, 0.5) is 0 Å². The number of carbonyl (C=O) groups excluding carboxylic acids is 1. The lowest BCUT2D eigenvalue weighted by atomic mass is 10.0. The van der Waals surface area contributed by atoms with Gasteiger partial charge in [0.2, 0.25) is 0 Å². The molecular formula is C14H20ClN3O. The van der Waals surface area contributed by atoms with Gasteiger partial charge >= 0.3 is 0 Å². The molecule has 5 heteroatoms. The summed E-state index contributed by atoms with van der Waals surface area (Å²) in [5.74, 6) is 0.0166. The Hall–Kier alpha value is -1.13. The fourth-order valence-corrected chi connectivity index (χ4v) is 2.69. The van der Waals surface area contributed by atoms with Crippen molar-refractivity contribution in [2.45, 2.75) is 32.2 Å². The van der Waals surface area contributed by atoms with Gasteiger partial charge in [-0.15, -0.1) is 0 Å². The van der Waals surface area contributed by atoms with Crippen LogP contribution in [0, 0.1) is 0 Å². The molecule has 0 aliphatic carbocycles. The Morgan fingerprint density at radius 2 is 2.47 bits per heavy atom. The van der Waals surface area contributed by atoms with Gasteiger partial charge in [-0.25, -0.2) is 0 Å². The molecule has 1 N–H and O–H groups in total. The number of carbonyl (C=O) groups is 1. The van der Waals surface area contributed by atoms with Crippen molar-refractivity contribution in [2.75, 3.05) is 19.6 Å². The van der Waals surface area contributed by atoms with Gasteiger partial charge in [0.15, 0.2) is 0 Å². The lowest BCUT2D eigenvalue weighted by molar-refractivity contribution is 0.0649. The van der Waals surface area contributed by atoms with Gasteiger partial charge in [-0.3, -0.25) is 9.78 Å². The molecule has 0 radical (unpaired) electrons. The molecule has 1 aromatic rings. The second-order valence-electron chi connectivity index (χ2n) is 4.85. The Bertz CT molecular complexity index is 432. The van der Waals surface area contributed by atoms with Crippen molar-refractivity contribution < 1.29 is 4.79 Å². The SMILES string of the molecule is CCCN(C(=O)c1ccncc1Cl)C1CCCNC1. The van der Waals surface area contributed by atoms with Crippen LogP contribution in [-0.2, 0) is 0 Å². The smallest absolute Gasteiger partial charge is 0.255 e. The van der Waals surface area contributed by atoms with Crippen LogP contribution in [0.2, 0.25) is 5.02 Å². The van der Waals surface area contributed by atoms with E-state index in [4.69, 9.17) is 11.6 Å². The summed E-state index contributed by atoms with van der Waals surface area (Å²) in [5, 5.41) is 3.78. The summed E-state index contributed by atoms with van der Waals surface area (Å²) >= 11 is 6.08. The standard InChI is InChI=1S/C14H20ClN3O/c1-2-8-18(11-4-3-6-16-9-11)14(19)12-5-7-17-10-13(12)15/h5,7,10-11,16H,2-4,6,8-9H2,1H3. The Balaban J connectivity index is 2.18. The van der Waals surface area contributed by atoms with Gasteiger partial charge in [0.25, 0.3) is 5.91 Å². The molecule has 0 bridgehead atoms. The van der Waals surface area contributed by atoms with Gasteiger partial charge in [0.05, 0.1) is 10.6 Å². The van der Waals surface area contributed by atoms with Crippen molar-refractivity contribution in [2.24, 2.45) is 0 Å². The molecule has 1 atom stereocenters. The fraction of sp³-hybridized carbons (Fsp3) is 0.571. The molecule has 1 unspecified atom stereocenters. The van der Waals surface area contributed by atoms with E-state index in [2.05, 4.69) is 17.2 Å². The second-order valence-corrected chi connectivity index (χ2v) is 5.26. The van der Waals surface area contributed by atoms with E-state index >= 15 is 0 Å². The second kappa shape index (κ2) is 6.87. The summed E-state index contributed by atoms with van der Waals surface area (Å²) < 4.78 is 0. The quantitative estimate of drug-likeness (QED) is 0.921. The molecule has 1 aromatic heterocycles. The highest BCUT2D eigenvalue weighted by molar-refractivity contribution is 6.33. The van der Waals surface area contributed by atoms with Crippen LogP contribution < -0.4 is 5.32 Å². The number of nitrogens with one attached hydrogen (secondary N) is 1. The number of hydrogen-bond acceptors (Lipinski definition) is 3. The minimum Gasteiger partial charge on any atom is -0.334 e. The van der Waals surface area contributed by atoms with Crippen molar-refractivity contribution in [1.82, 2.24) is 15.2 Å². The zero-order valence-electron chi connectivity index (χ0n) is 11.2. The zero-order valence-corrected chi connectivity index (χ0v) is 12.0. The number of amides is 1. The molecule has 104 valence electrons. The van der Waals surface area contributed by atoms with Crippen LogP contribution in [0.3, 0.4) is 0 Å². The molecule has 1 aliphatic heterocycles. The molecule has 1 fully saturated rings. The molecule has 2 rings (SSSR count). The Kier molecular flexibility index (Phi) is 5.16. The zero-order chi connectivity index (χ0) is 13.7. The van der Waals surface area contributed by atoms with Gasteiger partial charge in [0, 0.05) is 31.5 Å². The maximum absolute atomic E-state index is 12.6. The van der Waals surface area contributed by atoms with E-state index in [1.807, 2.05) is 4.90 Å². The predicted octanol–water partition coefficient (Wildman–Crippen LogP) is 2.34. The summed E-state index contributed by atoms with van der Waals surface area (Å²) in [5.41, 5.74) is 0.552. The highest BCUT2D eigenvalue weighted by Gasteiger charge is 2.26. The molecule has 0 aromatic carbocycles. The summed E-state index contributed by atoms with van der Waals surface area (Å²) in [6.07, 6.45) is 6.26.